The van der Waals surface area contributed by atoms with Crippen LogP contribution in [0.1, 0.15) is 46.4 Å². The zero-order valence-corrected chi connectivity index (χ0v) is 18.5. The van der Waals surface area contributed by atoms with Crippen molar-refractivity contribution in [3.63, 3.8) is 0 Å². The first kappa shape index (κ1) is 21.0. The number of amides is 1. The van der Waals surface area contributed by atoms with Gasteiger partial charge in [0.1, 0.15) is 0 Å². The highest BCUT2D eigenvalue weighted by Gasteiger charge is 2.15. The first-order valence-electron chi connectivity index (χ1n) is 11.4. The van der Waals surface area contributed by atoms with Gasteiger partial charge in [0.15, 0.2) is 0 Å². The standard InChI is InChI=1S/C27H27N5O/c28-16-18-4-6-24-22(13-18)15-26(31-24)19-8-11-32(12-9-19)10-2-1-3-21-17-30-25-7-5-20(27(29)33)14-23(21)25/h4-8,13-15,17,30-31H,1-3,9-12H2,(H2,29,33). The average Bonchev–Trinajstić information content (AvgIpc) is 3.45. The normalized spacial score (nSPS) is 14.5. The molecule has 2 aromatic carbocycles. The average molecular weight is 438 g/mol. The van der Waals surface area contributed by atoms with E-state index in [2.05, 4.69) is 33.1 Å². The van der Waals surface area contributed by atoms with Crippen molar-refractivity contribution in [1.82, 2.24) is 14.9 Å². The molecule has 2 aromatic heterocycles. The van der Waals surface area contributed by atoms with Crippen LogP contribution < -0.4 is 5.73 Å². The van der Waals surface area contributed by atoms with Crippen molar-refractivity contribution in [2.24, 2.45) is 5.73 Å². The summed E-state index contributed by atoms with van der Waals surface area (Å²) in [6.07, 6.45) is 8.61. The number of hydrogen-bond acceptors (Lipinski definition) is 3. The molecule has 0 saturated carbocycles. The zero-order valence-electron chi connectivity index (χ0n) is 18.5. The molecular weight excluding hydrogens is 410 g/mol. The smallest absolute Gasteiger partial charge is 0.248 e. The van der Waals surface area contributed by atoms with Crippen LogP contribution in [0.3, 0.4) is 0 Å². The maximum absolute atomic E-state index is 11.5. The van der Waals surface area contributed by atoms with E-state index in [0.717, 1.165) is 72.8 Å². The molecule has 1 amide bonds. The largest absolute Gasteiger partial charge is 0.366 e. The predicted molar refractivity (Wildman–Crippen MR) is 132 cm³/mol. The number of carbonyl (C=O) groups excluding carboxylic acids is 1. The number of hydrogen-bond donors (Lipinski definition) is 3. The van der Waals surface area contributed by atoms with Gasteiger partial charge in [-0.1, -0.05) is 6.08 Å². The molecule has 166 valence electrons. The highest BCUT2D eigenvalue weighted by Crippen LogP contribution is 2.27. The van der Waals surface area contributed by atoms with Gasteiger partial charge >= 0.3 is 0 Å². The number of carbonyl (C=O) groups is 1. The van der Waals surface area contributed by atoms with Crippen LogP contribution in [0, 0.1) is 11.3 Å². The van der Waals surface area contributed by atoms with E-state index in [-0.39, 0.29) is 5.91 Å². The molecule has 0 aliphatic carbocycles. The van der Waals surface area contributed by atoms with E-state index >= 15 is 0 Å². The van der Waals surface area contributed by atoms with Gasteiger partial charge in [0, 0.05) is 52.3 Å². The molecule has 5 rings (SSSR count). The molecule has 0 radical (unpaired) electrons. The van der Waals surface area contributed by atoms with Crippen LogP contribution in [0.15, 0.2) is 54.7 Å². The maximum atomic E-state index is 11.5. The molecule has 0 saturated heterocycles. The lowest BCUT2D eigenvalue weighted by Gasteiger charge is -2.26. The fourth-order valence-corrected chi connectivity index (χ4v) is 4.72. The number of unbranched alkanes of at least 4 members (excludes halogenated alkanes) is 1. The molecule has 6 nitrogen and oxygen atoms in total. The summed E-state index contributed by atoms with van der Waals surface area (Å²) < 4.78 is 0. The first-order chi connectivity index (χ1) is 16.1. The Labute approximate surface area is 192 Å². The van der Waals surface area contributed by atoms with Crippen LogP contribution in [0.2, 0.25) is 0 Å². The van der Waals surface area contributed by atoms with Crippen molar-refractivity contribution in [1.29, 1.82) is 5.26 Å². The van der Waals surface area contributed by atoms with Crippen LogP contribution in [-0.2, 0) is 6.42 Å². The molecular formula is C27H27N5O. The van der Waals surface area contributed by atoms with E-state index in [1.54, 1.807) is 6.07 Å². The Morgan fingerprint density at radius 2 is 2.00 bits per heavy atom. The van der Waals surface area contributed by atoms with Crippen LogP contribution in [0.25, 0.3) is 27.4 Å². The Balaban J connectivity index is 1.15. The van der Waals surface area contributed by atoms with Gasteiger partial charge < -0.3 is 15.7 Å². The van der Waals surface area contributed by atoms with Gasteiger partial charge in [0.05, 0.1) is 11.6 Å². The summed E-state index contributed by atoms with van der Waals surface area (Å²) in [5, 5.41) is 11.3. The van der Waals surface area contributed by atoms with E-state index in [1.807, 2.05) is 36.5 Å². The van der Waals surface area contributed by atoms with Crippen molar-refractivity contribution < 1.29 is 4.79 Å². The summed E-state index contributed by atoms with van der Waals surface area (Å²) in [6, 6.07) is 15.7. The molecule has 33 heavy (non-hydrogen) atoms. The number of nitrogens with zero attached hydrogens (tertiary/aromatic N) is 2. The molecule has 1 aliphatic heterocycles. The van der Waals surface area contributed by atoms with Crippen molar-refractivity contribution in [3.05, 3.63) is 77.1 Å². The van der Waals surface area contributed by atoms with Gasteiger partial charge in [-0.3, -0.25) is 9.69 Å². The predicted octanol–water partition coefficient (Wildman–Crippen LogP) is 4.73. The number of nitrogens with one attached hydrogen (secondary N) is 2. The maximum Gasteiger partial charge on any atom is 0.248 e. The highest BCUT2D eigenvalue weighted by atomic mass is 16.1. The summed E-state index contributed by atoms with van der Waals surface area (Å²) in [7, 11) is 0. The third kappa shape index (κ3) is 4.41. The number of fused-ring (bicyclic) bond motifs is 2. The third-order valence-electron chi connectivity index (χ3n) is 6.61. The molecule has 6 heteroatoms. The van der Waals surface area contributed by atoms with Crippen molar-refractivity contribution in [3.8, 4) is 6.07 Å². The molecule has 0 unspecified atom stereocenters. The summed E-state index contributed by atoms with van der Waals surface area (Å²) in [4.78, 5) is 20.8. The van der Waals surface area contributed by atoms with Gasteiger partial charge in [-0.2, -0.15) is 5.26 Å². The first-order valence-corrected chi connectivity index (χ1v) is 11.4. The van der Waals surface area contributed by atoms with Gasteiger partial charge in [-0.25, -0.2) is 0 Å². The van der Waals surface area contributed by atoms with Gasteiger partial charge in [-0.05, 0) is 85.8 Å². The van der Waals surface area contributed by atoms with E-state index in [0.29, 0.717) is 11.1 Å². The van der Waals surface area contributed by atoms with Crippen molar-refractivity contribution in [2.75, 3.05) is 19.6 Å². The second kappa shape index (κ2) is 8.97. The monoisotopic (exact) mass is 437 g/mol. The van der Waals surface area contributed by atoms with Crippen molar-refractivity contribution in [2.45, 2.75) is 25.7 Å². The summed E-state index contributed by atoms with van der Waals surface area (Å²) in [5.74, 6) is -0.388. The lowest BCUT2D eigenvalue weighted by atomic mass is 10.0. The number of rotatable bonds is 7. The lowest BCUT2D eigenvalue weighted by Crippen LogP contribution is -2.29. The number of aromatic amines is 2. The molecule has 0 bridgehead atoms. The van der Waals surface area contributed by atoms with E-state index in [4.69, 9.17) is 11.0 Å². The quantitative estimate of drug-likeness (QED) is 0.364. The van der Waals surface area contributed by atoms with Crippen LogP contribution >= 0.6 is 0 Å². The highest BCUT2D eigenvalue weighted by molar-refractivity contribution is 5.97. The van der Waals surface area contributed by atoms with Crippen molar-refractivity contribution >= 4 is 33.3 Å². The van der Waals surface area contributed by atoms with Crippen LogP contribution in [0.4, 0.5) is 0 Å². The minimum atomic E-state index is -0.388. The SMILES string of the molecule is N#Cc1ccc2[nH]c(C3=CCN(CCCCc4c[nH]c5ccc(C(N)=O)cc45)CC3)cc2c1. The second-order valence-electron chi connectivity index (χ2n) is 8.77. The number of nitrogens with two attached hydrogens (primary N) is 1. The Morgan fingerprint density at radius 3 is 2.79 bits per heavy atom. The fourth-order valence-electron chi connectivity index (χ4n) is 4.72. The van der Waals surface area contributed by atoms with Gasteiger partial charge in [-0.15, -0.1) is 0 Å². The Kier molecular flexibility index (Phi) is 5.72. The molecule has 4 N–H and O–H groups in total. The van der Waals surface area contributed by atoms with Crippen LogP contribution in [0.5, 0.6) is 0 Å². The summed E-state index contributed by atoms with van der Waals surface area (Å²) >= 11 is 0. The molecule has 0 spiro atoms. The Hall–Kier alpha value is -3.82. The number of H-pyrrole nitrogens is 2. The van der Waals surface area contributed by atoms with Gasteiger partial charge in [0.2, 0.25) is 5.91 Å². The minimum absolute atomic E-state index is 0.388. The number of aromatic nitrogens is 2. The topological polar surface area (TPSA) is 102 Å². The molecule has 0 atom stereocenters. The molecule has 1 aliphatic rings. The van der Waals surface area contributed by atoms with Crippen LogP contribution in [-0.4, -0.2) is 40.4 Å². The number of aryl methyl sites for hydroxylation is 1. The van der Waals surface area contributed by atoms with Gasteiger partial charge in [0.25, 0.3) is 0 Å². The van der Waals surface area contributed by atoms with E-state index in [1.165, 1.54) is 11.1 Å². The minimum Gasteiger partial charge on any atom is -0.366 e. The third-order valence-corrected chi connectivity index (χ3v) is 6.61. The Morgan fingerprint density at radius 1 is 1.12 bits per heavy atom. The second-order valence-corrected chi connectivity index (χ2v) is 8.77. The number of nitriles is 1. The zero-order chi connectivity index (χ0) is 22.8. The molecule has 0 fully saturated rings. The number of primary amides is 1. The Bertz CT molecular complexity index is 1400. The van der Waals surface area contributed by atoms with E-state index in [9.17, 15) is 4.79 Å². The number of benzene rings is 2. The molecule has 3 heterocycles. The lowest BCUT2D eigenvalue weighted by molar-refractivity contribution is 0.100. The molecule has 4 aromatic rings. The fraction of sp³-hybridized carbons (Fsp3) is 0.259. The van der Waals surface area contributed by atoms with E-state index < -0.39 is 0 Å². The summed E-state index contributed by atoms with van der Waals surface area (Å²) in [6.45, 7) is 3.10. The summed E-state index contributed by atoms with van der Waals surface area (Å²) in [5.41, 5.74) is 12.6.